The van der Waals surface area contributed by atoms with Crippen molar-refractivity contribution in [1.29, 1.82) is 0 Å². The van der Waals surface area contributed by atoms with Crippen molar-refractivity contribution >= 4 is 23.9 Å². The highest BCUT2D eigenvalue weighted by atomic mass is 16.8. The number of ether oxygens (including phenoxy) is 4. The lowest BCUT2D eigenvalue weighted by atomic mass is 9.89. The Bertz CT molecular complexity index is 1300. The van der Waals surface area contributed by atoms with Crippen LogP contribution in [0.25, 0.3) is 6.08 Å². The van der Waals surface area contributed by atoms with Gasteiger partial charge in [0.15, 0.2) is 5.79 Å². The number of benzene rings is 1. The van der Waals surface area contributed by atoms with Gasteiger partial charge in [0.25, 0.3) is 0 Å². The van der Waals surface area contributed by atoms with Crippen LogP contribution in [0.15, 0.2) is 42.0 Å². The van der Waals surface area contributed by atoms with E-state index >= 15 is 0 Å². The molecule has 2 heterocycles. The number of carbonyl (C=O) groups excluding carboxylic acids is 3. The number of fused-ring (bicyclic) bond motifs is 2. The number of amides is 2. The van der Waals surface area contributed by atoms with Crippen molar-refractivity contribution in [2.45, 2.75) is 94.1 Å². The number of hydrogen-bond acceptors (Lipinski definition) is 8. The maximum Gasteiger partial charge on any atom is 0.338 e. The molecule has 0 radical (unpaired) electrons. The van der Waals surface area contributed by atoms with E-state index in [0.29, 0.717) is 41.1 Å². The molecule has 4 aliphatic carbocycles. The lowest BCUT2D eigenvalue weighted by Gasteiger charge is -2.31. The molecule has 6 atom stereocenters. The minimum Gasteiger partial charge on any atom is -0.456 e. The van der Waals surface area contributed by atoms with E-state index in [1.807, 2.05) is 18.2 Å². The predicted octanol–water partition coefficient (Wildman–Crippen LogP) is 3.04. The molecule has 0 spiro atoms. The van der Waals surface area contributed by atoms with Crippen molar-refractivity contribution < 1.29 is 38.4 Å². The van der Waals surface area contributed by atoms with Gasteiger partial charge in [0, 0.05) is 43.3 Å². The molecule has 10 nitrogen and oxygen atoms in total. The second-order valence-corrected chi connectivity index (χ2v) is 13.1. The van der Waals surface area contributed by atoms with Crippen molar-refractivity contribution in [1.82, 2.24) is 10.6 Å². The van der Waals surface area contributed by atoms with Crippen molar-refractivity contribution in [2.75, 3.05) is 19.7 Å². The van der Waals surface area contributed by atoms with Gasteiger partial charge < -0.3 is 34.7 Å². The van der Waals surface area contributed by atoms with Crippen LogP contribution in [0.2, 0.25) is 0 Å². The lowest BCUT2D eigenvalue weighted by molar-refractivity contribution is -0.209. The lowest BCUT2D eigenvalue weighted by Crippen LogP contribution is -2.44. The van der Waals surface area contributed by atoms with Gasteiger partial charge in [-0.25, -0.2) is 4.79 Å². The molecule has 2 amide bonds. The van der Waals surface area contributed by atoms with Gasteiger partial charge in [0.2, 0.25) is 11.8 Å². The Morgan fingerprint density at radius 2 is 1.73 bits per heavy atom. The first-order chi connectivity index (χ1) is 21.4. The van der Waals surface area contributed by atoms with Gasteiger partial charge >= 0.3 is 5.97 Å². The molecule has 236 valence electrons. The molecule has 2 aliphatic heterocycles. The second kappa shape index (κ2) is 12.4. The van der Waals surface area contributed by atoms with E-state index in [1.54, 1.807) is 12.1 Å². The van der Waals surface area contributed by atoms with Gasteiger partial charge in [-0.2, -0.15) is 0 Å². The fourth-order valence-corrected chi connectivity index (χ4v) is 7.05. The van der Waals surface area contributed by atoms with Gasteiger partial charge in [-0.05, 0) is 74.6 Å². The number of nitrogens with one attached hydrogen (secondary N) is 2. The summed E-state index contributed by atoms with van der Waals surface area (Å²) in [7, 11) is 0. The van der Waals surface area contributed by atoms with Crippen LogP contribution in [-0.2, 0) is 28.5 Å². The molecule has 44 heavy (non-hydrogen) atoms. The summed E-state index contributed by atoms with van der Waals surface area (Å²) in [5.41, 5.74) is 1.92. The highest BCUT2D eigenvalue weighted by Gasteiger charge is 2.64. The number of hydrogen-bond donors (Lipinski definition) is 3. The number of epoxide rings is 1. The number of allylic oxidation sites excluding steroid dienone is 1. The van der Waals surface area contributed by atoms with E-state index in [-0.39, 0.29) is 44.4 Å². The zero-order chi connectivity index (χ0) is 30.3. The molecule has 3 saturated carbocycles. The molecule has 7 rings (SSSR count). The summed E-state index contributed by atoms with van der Waals surface area (Å²) < 4.78 is 25.0. The third-order valence-corrected chi connectivity index (χ3v) is 9.78. The fourth-order valence-electron chi connectivity index (χ4n) is 7.05. The molecule has 10 heteroatoms. The van der Waals surface area contributed by atoms with Crippen LogP contribution in [0.5, 0.6) is 0 Å². The first-order valence-electron chi connectivity index (χ1n) is 16.3. The van der Waals surface area contributed by atoms with Crippen LogP contribution in [0, 0.1) is 17.8 Å². The first-order valence-corrected chi connectivity index (χ1v) is 16.3. The molecule has 3 N–H and O–H groups in total. The second-order valence-electron chi connectivity index (χ2n) is 13.1. The Labute approximate surface area is 257 Å². The van der Waals surface area contributed by atoms with Gasteiger partial charge in [-0.3, -0.25) is 9.59 Å². The standard InChI is InChI=1S/C34H42N2O8/c37-16-15-35-30(38)13-14-36-32(39)23-18-28(31-29(19-23)43-34(44-31,24-8-9-24)25-10-11-25)42-33(40)22-6-3-20(4-7-22)1-2-21-5-12-26-27(17-21)41-26/h1-4,6-7,19,21,24-29,31,37H,5,8-18H2,(H,35,38)(H,36,39)/t21?,26?,27?,28-,29-,31+/m1/s1. The summed E-state index contributed by atoms with van der Waals surface area (Å²) in [6, 6.07) is 7.40. The summed E-state index contributed by atoms with van der Waals surface area (Å²) >= 11 is 0. The Balaban J connectivity index is 1.01. The smallest absolute Gasteiger partial charge is 0.338 e. The average Bonchev–Trinajstić information content (AvgIpc) is 3.90. The zero-order valence-electron chi connectivity index (χ0n) is 25.0. The van der Waals surface area contributed by atoms with Crippen molar-refractivity contribution in [3.05, 3.63) is 53.1 Å². The number of aliphatic hydroxyl groups excluding tert-OH is 1. The molecule has 2 saturated heterocycles. The van der Waals surface area contributed by atoms with Gasteiger partial charge in [0.05, 0.1) is 24.4 Å². The molecule has 1 aromatic rings. The first kappa shape index (κ1) is 29.6. The van der Waals surface area contributed by atoms with Gasteiger partial charge in [-0.15, -0.1) is 0 Å². The number of carbonyl (C=O) groups is 3. The highest BCUT2D eigenvalue weighted by molar-refractivity contribution is 5.94. The van der Waals surface area contributed by atoms with Crippen LogP contribution >= 0.6 is 0 Å². The molecule has 1 aromatic carbocycles. The molecule has 0 aromatic heterocycles. The van der Waals surface area contributed by atoms with Crippen LogP contribution in [0.3, 0.4) is 0 Å². The fraction of sp³-hybridized carbons (Fsp3) is 0.618. The molecule has 0 bridgehead atoms. The van der Waals surface area contributed by atoms with E-state index in [1.165, 1.54) is 0 Å². The number of rotatable bonds is 12. The molecular formula is C34H42N2O8. The van der Waals surface area contributed by atoms with Crippen LogP contribution < -0.4 is 10.6 Å². The van der Waals surface area contributed by atoms with E-state index in [9.17, 15) is 14.4 Å². The summed E-state index contributed by atoms with van der Waals surface area (Å²) in [5, 5.41) is 14.3. The Morgan fingerprint density at radius 3 is 2.43 bits per heavy atom. The molecule has 5 fully saturated rings. The van der Waals surface area contributed by atoms with Crippen molar-refractivity contribution in [3.8, 4) is 0 Å². The van der Waals surface area contributed by atoms with E-state index in [0.717, 1.165) is 50.5 Å². The SMILES string of the molecule is O=C(CCNC(=O)C1=C[C@H]2OC(C3CC3)(C3CC3)O[C@H]2[C@H](OC(=O)c2ccc(C=CC3CCC4OC4C3)cc2)C1)NCCO. The van der Waals surface area contributed by atoms with E-state index in [4.69, 9.17) is 24.1 Å². The summed E-state index contributed by atoms with van der Waals surface area (Å²) in [4.78, 5) is 38.4. The largest absolute Gasteiger partial charge is 0.456 e. The summed E-state index contributed by atoms with van der Waals surface area (Å²) in [5.74, 6) is -0.536. The highest BCUT2D eigenvalue weighted by Crippen LogP contribution is 2.59. The normalized spacial score (nSPS) is 31.9. The van der Waals surface area contributed by atoms with Crippen molar-refractivity contribution in [3.63, 3.8) is 0 Å². The molecule has 6 aliphatic rings. The topological polar surface area (TPSA) is 136 Å². The maximum atomic E-state index is 13.4. The molecular weight excluding hydrogens is 564 g/mol. The minimum atomic E-state index is -0.690. The maximum absolute atomic E-state index is 13.4. The number of esters is 1. The number of aliphatic hydroxyl groups is 1. The average molecular weight is 607 g/mol. The third-order valence-electron chi connectivity index (χ3n) is 9.78. The van der Waals surface area contributed by atoms with Crippen LogP contribution in [0.1, 0.15) is 73.7 Å². The quantitative estimate of drug-likeness (QED) is 0.244. The summed E-state index contributed by atoms with van der Waals surface area (Å²) in [6.45, 7) is 0.177. The third kappa shape index (κ3) is 6.49. The molecule has 3 unspecified atom stereocenters. The van der Waals surface area contributed by atoms with Gasteiger partial charge in [0.1, 0.15) is 18.3 Å². The van der Waals surface area contributed by atoms with Gasteiger partial charge in [-0.1, -0.05) is 24.3 Å². The minimum absolute atomic E-state index is 0.0941. The summed E-state index contributed by atoms with van der Waals surface area (Å²) in [6.07, 6.45) is 13.2. The van der Waals surface area contributed by atoms with E-state index in [2.05, 4.69) is 22.8 Å². The predicted molar refractivity (Wildman–Crippen MR) is 159 cm³/mol. The van der Waals surface area contributed by atoms with E-state index < -0.39 is 30.1 Å². The Morgan fingerprint density at radius 1 is 0.955 bits per heavy atom. The Kier molecular flexibility index (Phi) is 8.35. The Hall–Kier alpha value is -3.05. The van der Waals surface area contributed by atoms with Crippen molar-refractivity contribution in [2.24, 2.45) is 17.8 Å². The van der Waals surface area contributed by atoms with Crippen LogP contribution in [-0.4, -0.2) is 78.9 Å². The zero-order valence-corrected chi connectivity index (χ0v) is 25.0. The monoisotopic (exact) mass is 606 g/mol. The van der Waals surface area contributed by atoms with Crippen LogP contribution in [0.4, 0.5) is 0 Å².